The summed E-state index contributed by atoms with van der Waals surface area (Å²) in [6.45, 7) is 0.575. The summed E-state index contributed by atoms with van der Waals surface area (Å²) in [5.74, 6) is 1.92. The van der Waals surface area contributed by atoms with Gasteiger partial charge in [0.05, 0.1) is 11.8 Å². The summed E-state index contributed by atoms with van der Waals surface area (Å²) >= 11 is 0. The number of carbonyl (C=O) groups is 2. The van der Waals surface area contributed by atoms with Crippen molar-refractivity contribution in [1.82, 2.24) is 10.6 Å². The molecule has 6 rings (SSSR count). The Balaban J connectivity index is 1.26. The zero-order valence-electron chi connectivity index (χ0n) is 15.6. The molecule has 6 nitrogen and oxygen atoms in total. The predicted octanol–water partition coefficient (Wildman–Crippen LogP) is 2.89. The molecular formula is C22H24N2O4. The second-order valence-corrected chi connectivity index (χ2v) is 8.14. The van der Waals surface area contributed by atoms with Crippen molar-refractivity contribution in [3.63, 3.8) is 0 Å². The molecule has 3 saturated carbocycles. The van der Waals surface area contributed by atoms with Gasteiger partial charge < -0.3 is 19.8 Å². The van der Waals surface area contributed by atoms with Crippen molar-refractivity contribution in [1.29, 1.82) is 0 Å². The van der Waals surface area contributed by atoms with Crippen LogP contribution in [0.5, 0.6) is 5.75 Å². The van der Waals surface area contributed by atoms with Crippen LogP contribution in [0.3, 0.4) is 0 Å². The summed E-state index contributed by atoms with van der Waals surface area (Å²) in [5.41, 5.74) is -0.0824. The molecule has 28 heavy (non-hydrogen) atoms. The van der Waals surface area contributed by atoms with E-state index in [0.29, 0.717) is 30.7 Å². The number of amides is 2. The van der Waals surface area contributed by atoms with Crippen molar-refractivity contribution in [3.8, 4) is 5.75 Å². The number of hydrogen-bond acceptors (Lipinski definition) is 4. The van der Waals surface area contributed by atoms with Crippen molar-refractivity contribution in [2.75, 3.05) is 6.54 Å². The number of hydrogen-bond donors (Lipinski definition) is 2. The van der Waals surface area contributed by atoms with Crippen LogP contribution in [0.1, 0.15) is 41.8 Å². The first-order valence-electron chi connectivity index (χ1n) is 10.1. The van der Waals surface area contributed by atoms with Gasteiger partial charge in [0.25, 0.3) is 5.91 Å². The lowest BCUT2D eigenvalue weighted by atomic mass is 9.60. The van der Waals surface area contributed by atoms with Gasteiger partial charge in [0.2, 0.25) is 5.91 Å². The third-order valence-electron chi connectivity index (χ3n) is 6.55. The Bertz CT molecular complexity index is 894. The van der Waals surface area contributed by atoms with E-state index in [2.05, 4.69) is 10.6 Å². The molecule has 2 bridgehead atoms. The fraction of sp³-hybridized carbons (Fsp3) is 0.455. The van der Waals surface area contributed by atoms with Crippen LogP contribution in [0.25, 0.3) is 0 Å². The molecular weight excluding hydrogens is 356 g/mol. The Morgan fingerprint density at radius 2 is 2.11 bits per heavy atom. The van der Waals surface area contributed by atoms with Crippen LogP contribution in [0, 0.1) is 17.8 Å². The molecule has 3 aliphatic carbocycles. The van der Waals surface area contributed by atoms with Crippen LogP contribution in [0.2, 0.25) is 0 Å². The van der Waals surface area contributed by atoms with Gasteiger partial charge in [-0.1, -0.05) is 12.1 Å². The van der Waals surface area contributed by atoms with E-state index in [-0.39, 0.29) is 29.6 Å². The zero-order valence-corrected chi connectivity index (χ0v) is 15.6. The molecule has 1 aromatic heterocycles. The maximum atomic E-state index is 12.8. The van der Waals surface area contributed by atoms with Crippen molar-refractivity contribution in [2.45, 2.75) is 37.8 Å². The van der Waals surface area contributed by atoms with Gasteiger partial charge in [-0.25, -0.2) is 0 Å². The van der Waals surface area contributed by atoms with E-state index >= 15 is 0 Å². The maximum Gasteiger partial charge on any atom is 0.258 e. The van der Waals surface area contributed by atoms with Gasteiger partial charge in [-0.05, 0) is 49.4 Å². The monoisotopic (exact) mass is 380 g/mol. The highest BCUT2D eigenvalue weighted by Gasteiger charge is 2.57. The molecule has 146 valence electrons. The molecule has 2 amide bonds. The number of nitrogens with one attached hydrogen (secondary N) is 2. The largest absolute Gasteiger partial charge is 0.469 e. The van der Waals surface area contributed by atoms with E-state index in [9.17, 15) is 9.59 Å². The minimum Gasteiger partial charge on any atom is -0.469 e. The van der Waals surface area contributed by atoms with E-state index in [1.807, 2.05) is 30.3 Å². The quantitative estimate of drug-likeness (QED) is 0.855. The van der Waals surface area contributed by atoms with E-state index in [1.165, 1.54) is 0 Å². The molecule has 4 aliphatic rings. The first kappa shape index (κ1) is 17.3. The molecule has 1 aliphatic heterocycles. The second-order valence-electron chi connectivity index (χ2n) is 8.14. The lowest BCUT2D eigenvalue weighted by molar-refractivity contribution is -0.146. The molecule has 4 atom stereocenters. The van der Waals surface area contributed by atoms with Crippen molar-refractivity contribution in [3.05, 3.63) is 54.0 Å². The van der Waals surface area contributed by atoms with Gasteiger partial charge in [-0.15, -0.1) is 0 Å². The minimum atomic E-state index is -0.667. The number of benzene rings is 1. The van der Waals surface area contributed by atoms with E-state index in [1.54, 1.807) is 12.3 Å². The topological polar surface area (TPSA) is 80.6 Å². The van der Waals surface area contributed by atoms with Gasteiger partial charge in [0.15, 0.2) is 5.72 Å². The summed E-state index contributed by atoms with van der Waals surface area (Å²) in [5, 5.41) is 6.20. The highest BCUT2D eigenvalue weighted by molar-refractivity contribution is 5.98. The molecule has 2 heterocycles. The van der Waals surface area contributed by atoms with Crippen LogP contribution in [-0.2, 0) is 11.2 Å². The third kappa shape index (κ3) is 2.87. The van der Waals surface area contributed by atoms with E-state index in [0.717, 1.165) is 25.0 Å². The predicted molar refractivity (Wildman–Crippen MR) is 102 cm³/mol. The Labute approximate surface area is 163 Å². The van der Waals surface area contributed by atoms with Crippen LogP contribution in [0.4, 0.5) is 0 Å². The fourth-order valence-electron chi connectivity index (χ4n) is 5.18. The average Bonchev–Trinajstić information content (AvgIpc) is 3.22. The van der Waals surface area contributed by atoms with E-state index in [4.69, 9.17) is 9.15 Å². The van der Waals surface area contributed by atoms with E-state index < -0.39 is 5.72 Å². The van der Waals surface area contributed by atoms with Crippen LogP contribution >= 0.6 is 0 Å². The molecule has 3 fully saturated rings. The zero-order chi connectivity index (χ0) is 19.1. The van der Waals surface area contributed by atoms with Gasteiger partial charge in [0.1, 0.15) is 11.5 Å². The molecule has 1 spiro atoms. The number of carbonyl (C=O) groups excluding carboxylic acids is 2. The number of ether oxygens (including phenoxy) is 1. The van der Waals surface area contributed by atoms with Crippen molar-refractivity contribution < 1.29 is 18.7 Å². The molecule has 0 radical (unpaired) electrons. The minimum absolute atomic E-state index is 0.0151. The first-order chi connectivity index (χ1) is 13.6. The SMILES string of the molecule is O=C1N[C@]2(C[C@H]3CC[C@H]2C[C@H]3C(=O)NCCc2ccco2)Oc2ccccc21. The smallest absolute Gasteiger partial charge is 0.258 e. The number of rotatable bonds is 4. The van der Waals surface area contributed by atoms with Gasteiger partial charge in [0, 0.05) is 31.2 Å². The Morgan fingerprint density at radius 1 is 1.21 bits per heavy atom. The summed E-state index contributed by atoms with van der Waals surface area (Å²) in [7, 11) is 0. The van der Waals surface area contributed by atoms with Crippen LogP contribution in [-0.4, -0.2) is 24.1 Å². The molecule has 6 heteroatoms. The number of fused-ring (bicyclic) bond motifs is 3. The normalized spacial score (nSPS) is 30.4. The molecule has 2 N–H and O–H groups in total. The van der Waals surface area contributed by atoms with Crippen LogP contribution < -0.4 is 15.4 Å². The summed E-state index contributed by atoms with van der Waals surface area (Å²) in [4.78, 5) is 25.4. The number of para-hydroxylation sites is 1. The maximum absolute atomic E-state index is 12.8. The fourth-order valence-corrected chi connectivity index (χ4v) is 5.18. The van der Waals surface area contributed by atoms with Crippen LogP contribution in [0.15, 0.2) is 47.1 Å². The Hall–Kier alpha value is -2.76. The Morgan fingerprint density at radius 3 is 2.89 bits per heavy atom. The standard InChI is InChI=1S/C22H24N2O4/c25-20(23-10-9-16-4-3-11-27-16)18-12-15-8-7-14(18)13-22(15)24-21(26)17-5-1-2-6-19(17)28-22/h1-6,11,14-15,18H,7-10,12-13H2,(H,23,25)(H,24,26)/t14-,15+,18-,22-/m1/s1. The van der Waals surface area contributed by atoms with Crippen molar-refractivity contribution >= 4 is 11.8 Å². The van der Waals surface area contributed by atoms with Gasteiger partial charge in [-0.2, -0.15) is 0 Å². The third-order valence-corrected chi connectivity index (χ3v) is 6.55. The highest BCUT2D eigenvalue weighted by Crippen LogP contribution is 2.52. The summed E-state index contributed by atoms with van der Waals surface area (Å²) in [6.07, 6.45) is 5.76. The highest BCUT2D eigenvalue weighted by atomic mass is 16.5. The Kier molecular flexibility index (Phi) is 4.14. The lowest BCUT2D eigenvalue weighted by Crippen LogP contribution is -2.66. The molecule has 0 unspecified atom stereocenters. The average molecular weight is 380 g/mol. The molecule has 1 aromatic carbocycles. The summed E-state index contributed by atoms with van der Waals surface area (Å²) < 4.78 is 11.7. The van der Waals surface area contributed by atoms with Gasteiger partial charge >= 0.3 is 0 Å². The number of furan rings is 1. The first-order valence-corrected chi connectivity index (χ1v) is 10.1. The molecule has 0 saturated heterocycles. The second kappa shape index (κ2) is 6.69. The molecule has 2 aromatic rings. The van der Waals surface area contributed by atoms with Crippen molar-refractivity contribution in [2.24, 2.45) is 17.8 Å². The summed E-state index contributed by atoms with van der Waals surface area (Å²) in [6, 6.07) is 11.1. The lowest BCUT2D eigenvalue weighted by Gasteiger charge is -2.55. The van der Waals surface area contributed by atoms with Gasteiger partial charge in [-0.3, -0.25) is 9.59 Å².